The van der Waals surface area contributed by atoms with Gasteiger partial charge in [-0.1, -0.05) is 45.3 Å². The Bertz CT molecular complexity index is 355. The van der Waals surface area contributed by atoms with Crippen LogP contribution in [0, 0.1) is 6.92 Å². The Labute approximate surface area is 106 Å². The first-order chi connectivity index (χ1) is 7.97. The molecule has 0 saturated carbocycles. The molecule has 0 unspecified atom stereocenters. The zero-order valence-electron chi connectivity index (χ0n) is 11.9. The average molecular weight is 233 g/mol. The van der Waals surface area contributed by atoms with Crippen LogP contribution in [-0.4, -0.2) is 31.4 Å². The molecule has 0 aromatic heterocycles. The zero-order chi connectivity index (χ0) is 13.0. The Hall–Kier alpha value is -0.955. The summed E-state index contributed by atoms with van der Waals surface area (Å²) in [5.74, 6) is 0.981. The highest BCUT2D eigenvalue weighted by atomic mass is 16.5. The lowest BCUT2D eigenvalue weighted by molar-refractivity contribution is 0.315. The smallest absolute Gasteiger partial charge is 0.239 e. The van der Waals surface area contributed by atoms with Crippen molar-refractivity contribution < 1.29 is 4.74 Å². The van der Waals surface area contributed by atoms with E-state index >= 15 is 0 Å². The minimum atomic E-state index is 0.556. The van der Waals surface area contributed by atoms with E-state index in [0.717, 1.165) is 13.2 Å². The number of benzene rings is 1. The number of hydrogen-bond donors (Lipinski definition) is 0. The first-order valence-corrected chi connectivity index (χ1v) is 6.35. The molecule has 0 atom stereocenters. The molecule has 0 N–H and O–H groups in total. The number of hydrogen-bond acceptors (Lipinski definition) is 2. The van der Waals surface area contributed by atoms with Crippen molar-refractivity contribution in [1.29, 1.82) is 0 Å². The van der Waals surface area contributed by atoms with E-state index in [1.165, 1.54) is 11.0 Å². The molecule has 0 bridgehead atoms. The second-order valence-electron chi connectivity index (χ2n) is 5.10. The maximum atomic E-state index is 5.37. The minimum Gasteiger partial charge on any atom is -0.497 e. The molecule has 1 aromatic rings. The Balaban J connectivity index is 2.93. The molecule has 17 heavy (non-hydrogen) atoms. The maximum Gasteiger partial charge on any atom is 0.239 e. The van der Waals surface area contributed by atoms with Gasteiger partial charge >= 0.3 is 0 Å². The molecule has 0 saturated heterocycles. The van der Waals surface area contributed by atoms with E-state index in [4.69, 9.17) is 4.74 Å². The fourth-order valence-corrected chi connectivity index (χ4v) is 2.21. The number of nitrogens with zero attached hydrogens (tertiary/aromatic N) is 1. The third-order valence-electron chi connectivity index (χ3n) is 3.30. The SMILES string of the molecule is COc1cccc(BN(C(C)C)C(C)C)c1C. The van der Waals surface area contributed by atoms with Crippen molar-refractivity contribution in [3.05, 3.63) is 23.8 Å². The maximum absolute atomic E-state index is 5.37. The molecular weight excluding hydrogens is 209 g/mol. The van der Waals surface area contributed by atoms with E-state index in [9.17, 15) is 0 Å². The van der Waals surface area contributed by atoms with Crippen molar-refractivity contribution >= 4 is 12.9 Å². The van der Waals surface area contributed by atoms with Gasteiger partial charge in [0.25, 0.3) is 0 Å². The van der Waals surface area contributed by atoms with Crippen LogP contribution in [0.5, 0.6) is 5.75 Å². The van der Waals surface area contributed by atoms with Gasteiger partial charge < -0.3 is 9.55 Å². The molecule has 0 aliphatic rings. The van der Waals surface area contributed by atoms with Gasteiger partial charge in [0.15, 0.2) is 0 Å². The van der Waals surface area contributed by atoms with Gasteiger partial charge in [0.1, 0.15) is 5.75 Å². The normalized spacial score (nSPS) is 11.4. The molecule has 0 heterocycles. The zero-order valence-corrected chi connectivity index (χ0v) is 11.9. The Morgan fingerprint density at radius 2 is 1.71 bits per heavy atom. The topological polar surface area (TPSA) is 12.5 Å². The lowest BCUT2D eigenvalue weighted by atomic mass is 9.75. The van der Waals surface area contributed by atoms with Crippen molar-refractivity contribution in [3.8, 4) is 5.75 Å². The van der Waals surface area contributed by atoms with Crippen molar-refractivity contribution in [2.75, 3.05) is 7.11 Å². The fourth-order valence-electron chi connectivity index (χ4n) is 2.21. The predicted octanol–water partition coefficient (Wildman–Crippen LogP) is 2.10. The first kappa shape index (κ1) is 14.1. The lowest BCUT2D eigenvalue weighted by Crippen LogP contribution is -2.45. The molecule has 0 aliphatic carbocycles. The van der Waals surface area contributed by atoms with E-state index < -0.39 is 0 Å². The monoisotopic (exact) mass is 233 g/mol. The van der Waals surface area contributed by atoms with Crippen LogP contribution in [0.15, 0.2) is 18.2 Å². The molecule has 0 fully saturated rings. The Kier molecular flexibility index (Phi) is 5.07. The number of ether oxygens (including phenoxy) is 1. The van der Waals surface area contributed by atoms with Gasteiger partial charge in [0, 0.05) is 0 Å². The molecule has 0 spiro atoms. The van der Waals surface area contributed by atoms with E-state index in [2.05, 4.69) is 51.6 Å². The third-order valence-corrected chi connectivity index (χ3v) is 3.30. The van der Waals surface area contributed by atoms with E-state index in [1.807, 2.05) is 6.07 Å². The molecule has 0 aliphatic heterocycles. The average Bonchev–Trinajstić information content (AvgIpc) is 2.26. The van der Waals surface area contributed by atoms with Crippen LogP contribution < -0.4 is 10.2 Å². The lowest BCUT2D eigenvalue weighted by Gasteiger charge is -2.30. The minimum absolute atomic E-state index is 0.556. The van der Waals surface area contributed by atoms with E-state index in [0.29, 0.717) is 12.1 Å². The summed E-state index contributed by atoms with van der Waals surface area (Å²) in [4.78, 5) is 2.49. The van der Waals surface area contributed by atoms with Crippen molar-refractivity contribution in [2.24, 2.45) is 0 Å². The summed E-state index contributed by atoms with van der Waals surface area (Å²) in [6, 6.07) is 7.39. The molecule has 1 aromatic carbocycles. The van der Waals surface area contributed by atoms with Crippen LogP contribution in [0.1, 0.15) is 33.3 Å². The van der Waals surface area contributed by atoms with Gasteiger partial charge in [-0.05, 0) is 30.6 Å². The van der Waals surface area contributed by atoms with Crippen molar-refractivity contribution in [3.63, 3.8) is 0 Å². The summed E-state index contributed by atoms with van der Waals surface area (Å²) in [6.45, 7) is 11.1. The second-order valence-corrected chi connectivity index (χ2v) is 5.10. The summed E-state index contributed by atoms with van der Waals surface area (Å²) >= 11 is 0. The molecule has 3 heteroatoms. The highest BCUT2D eigenvalue weighted by molar-refractivity contribution is 6.51. The fraction of sp³-hybridized carbons (Fsp3) is 0.571. The van der Waals surface area contributed by atoms with E-state index in [1.54, 1.807) is 7.11 Å². The molecule has 2 nitrogen and oxygen atoms in total. The summed E-state index contributed by atoms with van der Waals surface area (Å²) in [5.41, 5.74) is 2.60. The Morgan fingerprint density at radius 3 is 2.18 bits per heavy atom. The van der Waals surface area contributed by atoms with Gasteiger partial charge in [0.2, 0.25) is 7.41 Å². The Morgan fingerprint density at radius 1 is 1.12 bits per heavy atom. The number of rotatable bonds is 5. The van der Waals surface area contributed by atoms with Crippen LogP contribution in [0.3, 0.4) is 0 Å². The van der Waals surface area contributed by atoms with Gasteiger partial charge in [-0.25, -0.2) is 0 Å². The van der Waals surface area contributed by atoms with Gasteiger partial charge in [-0.2, -0.15) is 0 Å². The molecule has 0 radical (unpaired) electrons. The van der Waals surface area contributed by atoms with Gasteiger partial charge in [-0.15, -0.1) is 0 Å². The third kappa shape index (κ3) is 3.50. The summed E-state index contributed by atoms with van der Waals surface area (Å²) < 4.78 is 5.37. The van der Waals surface area contributed by atoms with Crippen LogP contribution in [0.25, 0.3) is 0 Å². The second kappa shape index (κ2) is 6.11. The highest BCUT2D eigenvalue weighted by Gasteiger charge is 2.17. The summed E-state index contributed by atoms with van der Waals surface area (Å²) in [7, 11) is 2.72. The molecule has 0 amide bonds. The summed E-state index contributed by atoms with van der Waals surface area (Å²) in [5, 5.41) is 0. The van der Waals surface area contributed by atoms with Crippen LogP contribution in [0.4, 0.5) is 0 Å². The molecule has 1 rings (SSSR count). The first-order valence-electron chi connectivity index (χ1n) is 6.35. The van der Waals surface area contributed by atoms with Gasteiger partial charge in [0.05, 0.1) is 7.11 Å². The van der Waals surface area contributed by atoms with Gasteiger partial charge in [-0.3, -0.25) is 0 Å². The van der Waals surface area contributed by atoms with Crippen molar-refractivity contribution in [1.82, 2.24) is 4.81 Å². The van der Waals surface area contributed by atoms with Crippen LogP contribution in [0.2, 0.25) is 0 Å². The standard InChI is InChI=1S/C14H24BNO/c1-10(2)16(11(3)4)15-13-8-7-9-14(17-6)12(13)5/h7-11,15H,1-6H3. The number of methoxy groups -OCH3 is 1. The summed E-state index contributed by atoms with van der Waals surface area (Å²) in [6.07, 6.45) is 0. The van der Waals surface area contributed by atoms with Crippen LogP contribution >= 0.6 is 0 Å². The van der Waals surface area contributed by atoms with E-state index in [-0.39, 0.29) is 0 Å². The molecule has 94 valence electrons. The quantitative estimate of drug-likeness (QED) is 0.722. The predicted molar refractivity (Wildman–Crippen MR) is 76.6 cm³/mol. The highest BCUT2D eigenvalue weighted by Crippen LogP contribution is 2.14. The molecular formula is C14H24BNO. The van der Waals surface area contributed by atoms with Crippen LogP contribution in [-0.2, 0) is 0 Å². The van der Waals surface area contributed by atoms with Crippen molar-refractivity contribution in [2.45, 2.75) is 46.7 Å². The largest absolute Gasteiger partial charge is 0.497 e.